The van der Waals surface area contributed by atoms with Gasteiger partial charge in [-0.15, -0.1) is 0 Å². The van der Waals surface area contributed by atoms with Gasteiger partial charge in [-0.1, -0.05) is 13.2 Å². The van der Waals surface area contributed by atoms with Crippen molar-refractivity contribution in [1.82, 2.24) is 4.98 Å². The van der Waals surface area contributed by atoms with Gasteiger partial charge in [-0.05, 0) is 12.1 Å². The first-order valence-corrected chi connectivity index (χ1v) is 2.90. The number of hydrogen-bond acceptors (Lipinski definition) is 0. The van der Waals surface area contributed by atoms with Gasteiger partial charge in [0.25, 0.3) is 0 Å². The molecule has 0 aliphatic heterocycles. The molecule has 0 aromatic carbocycles. The molecule has 0 fully saturated rings. The lowest BCUT2D eigenvalue weighted by atomic mass is 10.2. The fraction of sp³-hybridized carbons (Fsp3) is 0. The Morgan fingerprint density at radius 3 is 2.80 bits per heavy atom. The molecule has 2 heteroatoms. The first-order chi connectivity index (χ1) is 4.75. The maximum Gasteiger partial charge on any atom is 0.125 e. The van der Waals surface area contributed by atoms with Crippen molar-refractivity contribution in [2.24, 2.45) is 0 Å². The van der Waals surface area contributed by atoms with E-state index in [4.69, 9.17) is 0 Å². The largest absolute Gasteiger partial charge is 0.361 e. The summed E-state index contributed by atoms with van der Waals surface area (Å²) in [6, 6.07) is 1.62. The smallest absolute Gasteiger partial charge is 0.125 e. The minimum atomic E-state index is -0.434. The summed E-state index contributed by atoms with van der Waals surface area (Å²) in [6.45, 7) is 6.68. The molecule has 0 amide bonds. The number of H-pyrrole nitrogens is 1. The van der Waals surface area contributed by atoms with Crippen molar-refractivity contribution >= 4 is 11.9 Å². The fourth-order valence-corrected chi connectivity index (χ4v) is 0.788. The number of aromatic nitrogens is 1. The summed E-state index contributed by atoms with van der Waals surface area (Å²) < 4.78 is 12.5. The van der Waals surface area contributed by atoms with Crippen LogP contribution >= 0.6 is 0 Å². The molecule has 1 heterocycles. The summed E-state index contributed by atoms with van der Waals surface area (Å²) >= 11 is 0. The first-order valence-electron chi connectivity index (χ1n) is 2.90. The lowest BCUT2D eigenvalue weighted by molar-refractivity contribution is 0.763. The van der Waals surface area contributed by atoms with Gasteiger partial charge in [-0.2, -0.15) is 0 Å². The monoisotopic (exact) mass is 137 g/mol. The Hall–Kier alpha value is -1.31. The molecule has 0 atom stereocenters. The Balaban J connectivity index is 3.13. The normalized spacial score (nSPS) is 9.30. The van der Waals surface area contributed by atoms with Crippen LogP contribution in [0, 0.1) is 0 Å². The van der Waals surface area contributed by atoms with Crippen molar-refractivity contribution in [3.63, 3.8) is 0 Å². The summed E-state index contributed by atoms with van der Waals surface area (Å²) in [5, 5.41) is 0. The van der Waals surface area contributed by atoms with Crippen LogP contribution in [0.3, 0.4) is 0 Å². The molecule has 0 spiro atoms. The molecular weight excluding hydrogens is 129 g/mol. The molecule has 0 saturated carbocycles. The molecule has 1 nitrogen and oxygen atoms in total. The van der Waals surface area contributed by atoms with Gasteiger partial charge in [0.1, 0.15) is 5.83 Å². The molecule has 52 valence electrons. The molecule has 0 saturated heterocycles. The van der Waals surface area contributed by atoms with Crippen molar-refractivity contribution in [2.75, 3.05) is 0 Å². The molecule has 10 heavy (non-hydrogen) atoms. The van der Waals surface area contributed by atoms with Crippen LogP contribution in [0.1, 0.15) is 11.3 Å². The average molecular weight is 137 g/mol. The van der Waals surface area contributed by atoms with Crippen molar-refractivity contribution < 1.29 is 4.39 Å². The second-order valence-corrected chi connectivity index (χ2v) is 1.91. The highest BCUT2D eigenvalue weighted by Crippen LogP contribution is 2.17. The van der Waals surface area contributed by atoms with E-state index >= 15 is 0 Å². The summed E-state index contributed by atoms with van der Waals surface area (Å²) in [6.07, 6.45) is 3.21. The zero-order valence-electron chi connectivity index (χ0n) is 5.52. The third-order valence-electron chi connectivity index (χ3n) is 1.28. The standard InChI is InChI=1S/C8H8FN/c1-3-8-7(6(2)9)4-5-10-8/h3-5,10H,1-2H2. The second kappa shape index (κ2) is 2.52. The highest BCUT2D eigenvalue weighted by molar-refractivity contribution is 5.66. The molecule has 1 N–H and O–H groups in total. The third-order valence-corrected chi connectivity index (χ3v) is 1.28. The lowest BCUT2D eigenvalue weighted by Crippen LogP contribution is -1.76. The van der Waals surface area contributed by atoms with Gasteiger partial charge in [0.05, 0.1) is 0 Å². The predicted molar refractivity (Wildman–Crippen MR) is 41.0 cm³/mol. The highest BCUT2D eigenvalue weighted by Gasteiger charge is 2.01. The van der Waals surface area contributed by atoms with Crippen molar-refractivity contribution in [1.29, 1.82) is 0 Å². The van der Waals surface area contributed by atoms with Gasteiger partial charge in [0.2, 0.25) is 0 Å². The quantitative estimate of drug-likeness (QED) is 0.644. The predicted octanol–water partition coefficient (Wildman–Crippen LogP) is 2.60. The van der Waals surface area contributed by atoms with Crippen molar-refractivity contribution in [3.05, 3.63) is 36.7 Å². The van der Waals surface area contributed by atoms with E-state index in [1.807, 2.05) is 0 Å². The van der Waals surface area contributed by atoms with E-state index in [0.717, 1.165) is 0 Å². The second-order valence-electron chi connectivity index (χ2n) is 1.91. The van der Waals surface area contributed by atoms with Crippen LogP contribution in [-0.4, -0.2) is 4.98 Å². The van der Waals surface area contributed by atoms with Crippen molar-refractivity contribution in [2.45, 2.75) is 0 Å². The number of nitrogens with one attached hydrogen (secondary N) is 1. The minimum Gasteiger partial charge on any atom is -0.361 e. The van der Waals surface area contributed by atoms with Crippen LogP contribution in [0.4, 0.5) is 4.39 Å². The maximum absolute atomic E-state index is 12.5. The molecule has 1 rings (SSSR count). The van der Waals surface area contributed by atoms with Gasteiger partial charge in [-0.25, -0.2) is 4.39 Å². The van der Waals surface area contributed by atoms with Gasteiger partial charge >= 0.3 is 0 Å². The average Bonchev–Trinajstić information content (AvgIpc) is 2.33. The maximum atomic E-state index is 12.5. The molecule has 0 bridgehead atoms. The van der Waals surface area contributed by atoms with Gasteiger partial charge in [-0.3, -0.25) is 0 Å². The lowest BCUT2D eigenvalue weighted by Gasteiger charge is -1.91. The molecule has 0 aliphatic carbocycles. The van der Waals surface area contributed by atoms with E-state index in [1.54, 1.807) is 18.3 Å². The van der Waals surface area contributed by atoms with Crippen LogP contribution in [0.5, 0.6) is 0 Å². The van der Waals surface area contributed by atoms with Crippen molar-refractivity contribution in [3.8, 4) is 0 Å². The molecule has 0 unspecified atom stereocenters. The summed E-state index contributed by atoms with van der Waals surface area (Å²) in [5.74, 6) is -0.434. The van der Waals surface area contributed by atoms with E-state index in [9.17, 15) is 4.39 Å². The third kappa shape index (κ3) is 1.00. The molecular formula is C8H8FN. The Morgan fingerprint density at radius 1 is 1.70 bits per heavy atom. The van der Waals surface area contributed by atoms with Gasteiger partial charge < -0.3 is 4.98 Å². The topological polar surface area (TPSA) is 15.8 Å². The van der Waals surface area contributed by atoms with Gasteiger partial charge in [0.15, 0.2) is 0 Å². The summed E-state index contributed by atoms with van der Waals surface area (Å²) in [4.78, 5) is 2.82. The van der Waals surface area contributed by atoms with E-state index in [-0.39, 0.29) is 0 Å². The van der Waals surface area contributed by atoms with Crippen LogP contribution in [0.2, 0.25) is 0 Å². The zero-order valence-corrected chi connectivity index (χ0v) is 5.52. The summed E-state index contributed by atoms with van der Waals surface area (Å²) in [5.41, 5.74) is 1.16. The van der Waals surface area contributed by atoms with E-state index < -0.39 is 5.83 Å². The Bertz CT molecular complexity index is 260. The van der Waals surface area contributed by atoms with Crippen LogP contribution in [-0.2, 0) is 0 Å². The van der Waals surface area contributed by atoms with Crippen LogP contribution < -0.4 is 0 Å². The molecule has 0 aliphatic rings. The fourth-order valence-electron chi connectivity index (χ4n) is 0.788. The minimum absolute atomic E-state index is 0.434. The first kappa shape index (κ1) is 6.81. The van der Waals surface area contributed by atoms with E-state index in [2.05, 4.69) is 18.1 Å². The molecule has 1 aromatic rings. The number of halogens is 1. The zero-order chi connectivity index (χ0) is 7.56. The van der Waals surface area contributed by atoms with Crippen LogP contribution in [0.15, 0.2) is 25.4 Å². The van der Waals surface area contributed by atoms with E-state index in [1.165, 1.54) is 0 Å². The number of hydrogen-bond donors (Lipinski definition) is 1. The Kier molecular flexibility index (Phi) is 1.71. The van der Waals surface area contributed by atoms with Gasteiger partial charge in [0, 0.05) is 17.5 Å². The van der Waals surface area contributed by atoms with E-state index in [0.29, 0.717) is 11.3 Å². The molecule has 1 aromatic heterocycles. The Labute approximate surface area is 58.9 Å². The molecule has 0 radical (unpaired) electrons. The summed E-state index contributed by atoms with van der Waals surface area (Å²) in [7, 11) is 0. The Morgan fingerprint density at radius 2 is 2.40 bits per heavy atom. The SMILES string of the molecule is C=Cc1[nH]ccc1C(=C)F. The highest BCUT2D eigenvalue weighted by atomic mass is 19.1. The number of rotatable bonds is 2. The number of aromatic amines is 1. The van der Waals surface area contributed by atoms with Crippen LogP contribution in [0.25, 0.3) is 11.9 Å².